The number of hydrogen-bond donors (Lipinski definition) is 2. The molecule has 0 spiro atoms. The van der Waals surface area contributed by atoms with Gasteiger partial charge in [0.1, 0.15) is 11.3 Å². The second kappa shape index (κ2) is 7.43. The third kappa shape index (κ3) is 3.85. The first-order valence-electron chi connectivity index (χ1n) is 8.84. The maximum absolute atomic E-state index is 13.0. The van der Waals surface area contributed by atoms with Crippen molar-refractivity contribution in [1.82, 2.24) is 9.97 Å². The van der Waals surface area contributed by atoms with Gasteiger partial charge in [-0.3, -0.25) is 9.97 Å². The van der Waals surface area contributed by atoms with Gasteiger partial charge in [0.2, 0.25) is 0 Å². The Bertz CT molecular complexity index is 1130. The summed E-state index contributed by atoms with van der Waals surface area (Å²) in [5.41, 5.74) is 1.42. The Labute approximate surface area is 164 Å². The fraction of sp³-hybridized carbons (Fsp3) is 0.0909. The van der Waals surface area contributed by atoms with Crippen LogP contribution in [0.3, 0.4) is 0 Å². The first kappa shape index (κ1) is 18.7. The van der Waals surface area contributed by atoms with E-state index in [0.717, 1.165) is 17.5 Å². The van der Waals surface area contributed by atoms with Crippen LogP contribution in [0.4, 0.5) is 18.9 Å². The van der Waals surface area contributed by atoms with Gasteiger partial charge in [-0.15, -0.1) is 0 Å². The SMILES string of the molecule is Oc1c([C@@H](Nc2cccnc2)c2ccc(C(F)(F)F)cc2)ccc2cccnc12. The standard InChI is InChI=1S/C22H16F3N3O/c23-22(24,25)16-8-5-15(6-9-16)19(28-17-4-2-11-26-13-17)18-10-7-14-3-1-12-27-20(14)21(18)29/h1-13,19,28-29H/t19-/m0/s1. The van der Waals surface area contributed by atoms with E-state index in [2.05, 4.69) is 15.3 Å². The number of fused-ring (bicyclic) bond motifs is 1. The molecule has 0 radical (unpaired) electrons. The number of pyridine rings is 2. The van der Waals surface area contributed by atoms with Gasteiger partial charge >= 0.3 is 6.18 Å². The summed E-state index contributed by atoms with van der Waals surface area (Å²) in [5, 5.41) is 14.9. The summed E-state index contributed by atoms with van der Waals surface area (Å²) in [6, 6.07) is 15.0. The molecule has 4 nitrogen and oxygen atoms in total. The van der Waals surface area contributed by atoms with Crippen LogP contribution < -0.4 is 5.32 Å². The van der Waals surface area contributed by atoms with Crippen LogP contribution in [0.2, 0.25) is 0 Å². The molecule has 29 heavy (non-hydrogen) atoms. The van der Waals surface area contributed by atoms with Crippen LogP contribution in [-0.4, -0.2) is 15.1 Å². The molecule has 7 heteroatoms. The molecule has 0 fully saturated rings. The summed E-state index contributed by atoms with van der Waals surface area (Å²) < 4.78 is 38.9. The van der Waals surface area contributed by atoms with Crippen molar-refractivity contribution in [2.24, 2.45) is 0 Å². The zero-order valence-corrected chi connectivity index (χ0v) is 15.1. The average Bonchev–Trinajstić information content (AvgIpc) is 2.73. The highest BCUT2D eigenvalue weighted by atomic mass is 19.4. The number of rotatable bonds is 4. The van der Waals surface area contributed by atoms with E-state index in [0.29, 0.717) is 22.3 Å². The number of alkyl halides is 3. The van der Waals surface area contributed by atoms with Gasteiger partial charge < -0.3 is 10.4 Å². The predicted octanol–water partition coefficient (Wildman–Crippen LogP) is 5.56. The first-order valence-corrected chi connectivity index (χ1v) is 8.84. The number of phenolic OH excluding ortho intramolecular Hbond substituents is 1. The van der Waals surface area contributed by atoms with Gasteiger partial charge in [0.25, 0.3) is 0 Å². The van der Waals surface area contributed by atoms with Crippen LogP contribution >= 0.6 is 0 Å². The molecule has 2 heterocycles. The maximum atomic E-state index is 13.0. The number of aromatic hydroxyl groups is 1. The van der Waals surface area contributed by atoms with Crippen molar-refractivity contribution in [2.45, 2.75) is 12.2 Å². The van der Waals surface area contributed by atoms with E-state index in [4.69, 9.17) is 0 Å². The lowest BCUT2D eigenvalue weighted by Gasteiger charge is -2.23. The van der Waals surface area contributed by atoms with Gasteiger partial charge in [-0.25, -0.2) is 0 Å². The van der Waals surface area contributed by atoms with Crippen molar-refractivity contribution in [3.8, 4) is 5.75 Å². The topological polar surface area (TPSA) is 58.0 Å². The summed E-state index contributed by atoms with van der Waals surface area (Å²) in [6.45, 7) is 0. The Balaban J connectivity index is 1.82. The van der Waals surface area contributed by atoms with E-state index < -0.39 is 17.8 Å². The number of nitrogens with zero attached hydrogens (tertiary/aromatic N) is 2. The molecule has 0 saturated carbocycles. The lowest BCUT2D eigenvalue weighted by molar-refractivity contribution is -0.137. The van der Waals surface area contributed by atoms with Gasteiger partial charge in [0.15, 0.2) is 0 Å². The van der Waals surface area contributed by atoms with E-state index in [1.807, 2.05) is 12.1 Å². The average molecular weight is 395 g/mol. The Morgan fingerprint density at radius 2 is 1.66 bits per heavy atom. The number of benzene rings is 2. The van der Waals surface area contributed by atoms with E-state index in [-0.39, 0.29) is 5.75 Å². The summed E-state index contributed by atoms with van der Waals surface area (Å²) >= 11 is 0. The molecule has 1 atom stereocenters. The number of aromatic nitrogens is 2. The summed E-state index contributed by atoms with van der Waals surface area (Å²) in [6.07, 6.45) is 0.385. The van der Waals surface area contributed by atoms with Crippen molar-refractivity contribution in [1.29, 1.82) is 0 Å². The second-order valence-electron chi connectivity index (χ2n) is 6.52. The Hall–Kier alpha value is -3.61. The van der Waals surface area contributed by atoms with Crippen molar-refractivity contribution in [2.75, 3.05) is 5.32 Å². The van der Waals surface area contributed by atoms with Gasteiger partial charge in [-0.05, 0) is 35.9 Å². The molecule has 0 aliphatic carbocycles. The van der Waals surface area contributed by atoms with E-state index in [1.54, 1.807) is 42.9 Å². The van der Waals surface area contributed by atoms with E-state index in [1.165, 1.54) is 12.1 Å². The molecular weight excluding hydrogens is 379 g/mol. The fourth-order valence-corrected chi connectivity index (χ4v) is 3.20. The van der Waals surface area contributed by atoms with E-state index in [9.17, 15) is 18.3 Å². The Morgan fingerprint density at radius 3 is 2.34 bits per heavy atom. The Morgan fingerprint density at radius 1 is 0.897 bits per heavy atom. The van der Waals surface area contributed by atoms with Crippen molar-refractivity contribution < 1.29 is 18.3 Å². The number of halogens is 3. The molecule has 0 bridgehead atoms. The first-order chi connectivity index (χ1) is 13.9. The summed E-state index contributed by atoms with van der Waals surface area (Å²) in [4.78, 5) is 8.29. The third-order valence-electron chi connectivity index (χ3n) is 4.63. The van der Waals surface area contributed by atoms with Crippen LogP contribution in [0.5, 0.6) is 5.75 Å². The van der Waals surface area contributed by atoms with Gasteiger partial charge in [-0.1, -0.05) is 30.3 Å². The molecule has 4 rings (SSSR count). The normalized spacial score (nSPS) is 12.7. The zero-order chi connectivity index (χ0) is 20.4. The molecule has 2 N–H and O–H groups in total. The van der Waals surface area contributed by atoms with Gasteiger partial charge in [-0.2, -0.15) is 13.2 Å². The molecule has 0 aliphatic rings. The molecule has 0 saturated heterocycles. The van der Waals surface area contributed by atoms with Crippen molar-refractivity contribution in [3.05, 3.63) is 95.9 Å². The minimum atomic E-state index is -4.42. The predicted molar refractivity (Wildman–Crippen MR) is 105 cm³/mol. The smallest absolute Gasteiger partial charge is 0.416 e. The second-order valence-corrected chi connectivity index (χ2v) is 6.52. The van der Waals surface area contributed by atoms with Crippen LogP contribution in [-0.2, 0) is 6.18 Å². The number of phenols is 1. The molecule has 2 aromatic heterocycles. The largest absolute Gasteiger partial charge is 0.505 e. The molecule has 2 aromatic carbocycles. The van der Waals surface area contributed by atoms with Crippen LogP contribution in [0.1, 0.15) is 22.7 Å². The molecule has 0 amide bonds. The maximum Gasteiger partial charge on any atom is 0.416 e. The highest BCUT2D eigenvalue weighted by molar-refractivity contribution is 5.86. The van der Waals surface area contributed by atoms with Gasteiger partial charge in [0.05, 0.1) is 17.3 Å². The Kier molecular flexibility index (Phi) is 4.80. The minimum Gasteiger partial charge on any atom is -0.505 e. The van der Waals surface area contributed by atoms with Crippen LogP contribution in [0.15, 0.2) is 79.3 Å². The summed E-state index contributed by atoms with van der Waals surface area (Å²) in [7, 11) is 0. The van der Waals surface area contributed by atoms with E-state index >= 15 is 0 Å². The molecule has 146 valence electrons. The number of hydrogen-bond acceptors (Lipinski definition) is 4. The monoisotopic (exact) mass is 395 g/mol. The quantitative estimate of drug-likeness (QED) is 0.475. The minimum absolute atomic E-state index is 0.0237. The number of nitrogens with one attached hydrogen (secondary N) is 1. The lowest BCUT2D eigenvalue weighted by atomic mass is 9.95. The highest BCUT2D eigenvalue weighted by Crippen LogP contribution is 2.37. The third-order valence-corrected chi connectivity index (χ3v) is 4.63. The highest BCUT2D eigenvalue weighted by Gasteiger charge is 2.30. The molecular formula is C22H16F3N3O. The zero-order valence-electron chi connectivity index (χ0n) is 15.1. The summed E-state index contributed by atoms with van der Waals surface area (Å²) in [5.74, 6) is -0.0237. The van der Waals surface area contributed by atoms with Crippen LogP contribution in [0.25, 0.3) is 10.9 Å². The van der Waals surface area contributed by atoms with Crippen LogP contribution in [0, 0.1) is 0 Å². The number of anilines is 1. The molecule has 0 aliphatic heterocycles. The molecule has 0 unspecified atom stereocenters. The lowest BCUT2D eigenvalue weighted by Crippen LogP contribution is -2.14. The molecule has 4 aromatic rings. The van der Waals surface area contributed by atoms with Gasteiger partial charge in [0, 0.05) is 29.5 Å². The van der Waals surface area contributed by atoms with Crippen molar-refractivity contribution >= 4 is 16.6 Å². The van der Waals surface area contributed by atoms with Crippen molar-refractivity contribution in [3.63, 3.8) is 0 Å². The fourth-order valence-electron chi connectivity index (χ4n) is 3.20.